The van der Waals surface area contributed by atoms with E-state index in [0.29, 0.717) is 20.8 Å². The maximum absolute atomic E-state index is 11.9. The van der Waals surface area contributed by atoms with Crippen molar-refractivity contribution < 1.29 is 14.3 Å². The van der Waals surface area contributed by atoms with E-state index in [2.05, 4.69) is 26.8 Å². The third-order valence-corrected chi connectivity index (χ3v) is 4.48. The number of carbonyl (C=O) groups excluding carboxylic acids is 2. The van der Waals surface area contributed by atoms with Crippen LogP contribution in [0.15, 0.2) is 46.9 Å². The molecular weight excluding hydrogens is 498 g/mol. The molecule has 5 nitrogen and oxygen atoms in total. The molecule has 0 bridgehead atoms. The first kappa shape index (κ1) is 18.0. The summed E-state index contributed by atoms with van der Waals surface area (Å²) in [5.74, 6) is -0.393. The molecule has 0 saturated heterocycles. The molecule has 0 aromatic heterocycles. The molecule has 0 fully saturated rings. The van der Waals surface area contributed by atoms with Crippen LogP contribution in [0, 0.1) is 3.57 Å². The standard InChI is InChI=1S/C15H11BrClIN2O3/c16-11-7-9(17)5-6-13(11)23-8-14(21)19-20-15(22)10-3-1-2-4-12(10)18/h1-7H,8H2,(H,19,21)(H,20,22). The van der Waals surface area contributed by atoms with Crippen molar-refractivity contribution in [1.82, 2.24) is 10.9 Å². The van der Waals surface area contributed by atoms with Gasteiger partial charge < -0.3 is 4.74 Å². The second-order valence-electron chi connectivity index (χ2n) is 4.35. The Morgan fingerprint density at radius 1 is 1.17 bits per heavy atom. The molecule has 0 heterocycles. The minimum Gasteiger partial charge on any atom is -0.483 e. The number of hydrazine groups is 1. The summed E-state index contributed by atoms with van der Waals surface area (Å²) in [5, 5.41) is 0.554. The van der Waals surface area contributed by atoms with Gasteiger partial charge in [0.2, 0.25) is 0 Å². The average molecular weight is 510 g/mol. The first-order valence-corrected chi connectivity index (χ1v) is 8.64. The van der Waals surface area contributed by atoms with Crippen LogP contribution in [-0.2, 0) is 4.79 Å². The Kier molecular flexibility index (Phi) is 6.67. The van der Waals surface area contributed by atoms with Gasteiger partial charge >= 0.3 is 0 Å². The Morgan fingerprint density at radius 2 is 1.91 bits per heavy atom. The van der Waals surface area contributed by atoms with E-state index in [0.717, 1.165) is 3.57 Å². The van der Waals surface area contributed by atoms with Crippen LogP contribution < -0.4 is 15.6 Å². The van der Waals surface area contributed by atoms with Crippen molar-refractivity contribution in [3.63, 3.8) is 0 Å². The molecule has 120 valence electrons. The van der Waals surface area contributed by atoms with Crippen LogP contribution in [0.1, 0.15) is 10.4 Å². The second kappa shape index (κ2) is 8.51. The zero-order valence-corrected chi connectivity index (χ0v) is 16.1. The van der Waals surface area contributed by atoms with Crippen molar-refractivity contribution in [3.8, 4) is 5.75 Å². The lowest BCUT2D eigenvalue weighted by atomic mass is 10.2. The molecule has 0 spiro atoms. The summed E-state index contributed by atoms with van der Waals surface area (Å²) >= 11 is 11.2. The summed E-state index contributed by atoms with van der Waals surface area (Å²) in [6, 6.07) is 12.0. The largest absolute Gasteiger partial charge is 0.483 e. The molecule has 0 aliphatic carbocycles. The van der Waals surface area contributed by atoms with Crippen molar-refractivity contribution in [3.05, 3.63) is 61.1 Å². The maximum atomic E-state index is 11.9. The van der Waals surface area contributed by atoms with E-state index in [1.807, 2.05) is 28.7 Å². The lowest BCUT2D eigenvalue weighted by Gasteiger charge is -2.10. The smallest absolute Gasteiger partial charge is 0.276 e. The Bertz CT molecular complexity index is 742. The van der Waals surface area contributed by atoms with Gasteiger partial charge in [-0.15, -0.1) is 0 Å². The van der Waals surface area contributed by atoms with Crippen molar-refractivity contribution in [2.75, 3.05) is 6.61 Å². The van der Waals surface area contributed by atoms with Gasteiger partial charge in [0.25, 0.3) is 11.8 Å². The molecule has 0 radical (unpaired) electrons. The lowest BCUT2D eigenvalue weighted by molar-refractivity contribution is -0.123. The molecule has 2 rings (SSSR count). The summed E-state index contributed by atoms with van der Waals surface area (Å²) in [6.07, 6.45) is 0. The SMILES string of the molecule is O=C(COc1ccc(Cl)cc1Br)NNC(=O)c1ccccc1I. The molecule has 23 heavy (non-hydrogen) atoms. The van der Waals surface area contributed by atoms with E-state index < -0.39 is 11.8 Å². The highest BCUT2D eigenvalue weighted by molar-refractivity contribution is 14.1. The van der Waals surface area contributed by atoms with Crippen LogP contribution in [0.25, 0.3) is 0 Å². The number of amides is 2. The molecule has 2 amide bonds. The van der Waals surface area contributed by atoms with Gasteiger partial charge in [-0.3, -0.25) is 20.4 Å². The monoisotopic (exact) mass is 508 g/mol. The number of ether oxygens (including phenoxy) is 1. The fourth-order valence-electron chi connectivity index (χ4n) is 1.61. The van der Waals surface area contributed by atoms with Crippen molar-refractivity contribution >= 4 is 61.9 Å². The molecule has 0 aliphatic heterocycles. The van der Waals surface area contributed by atoms with E-state index in [4.69, 9.17) is 16.3 Å². The van der Waals surface area contributed by atoms with Gasteiger partial charge in [-0.2, -0.15) is 0 Å². The minimum atomic E-state index is -0.480. The van der Waals surface area contributed by atoms with Gasteiger partial charge in [0.15, 0.2) is 6.61 Å². The van der Waals surface area contributed by atoms with Gasteiger partial charge in [-0.05, 0) is 68.9 Å². The minimum absolute atomic E-state index is 0.244. The van der Waals surface area contributed by atoms with E-state index in [1.54, 1.807) is 36.4 Å². The Labute approximate surface area is 160 Å². The topological polar surface area (TPSA) is 67.4 Å². The quantitative estimate of drug-likeness (QED) is 0.490. The first-order valence-electron chi connectivity index (χ1n) is 6.39. The molecule has 0 saturated carbocycles. The van der Waals surface area contributed by atoms with Crippen LogP contribution >= 0.6 is 50.1 Å². The molecule has 8 heteroatoms. The maximum Gasteiger partial charge on any atom is 0.276 e. The van der Waals surface area contributed by atoms with Crippen LogP contribution in [0.2, 0.25) is 5.02 Å². The van der Waals surface area contributed by atoms with E-state index in [9.17, 15) is 9.59 Å². The lowest BCUT2D eigenvalue weighted by Crippen LogP contribution is -2.44. The number of rotatable bonds is 4. The van der Waals surface area contributed by atoms with Gasteiger partial charge in [-0.1, -0.05) is 23.7 Å². The highest BCUT2D eigenvalue weighted by Gasteiger charge is 2.11. The third kappa shape index (κ3) is 5.36. The summed E-state index contributed by atoms with van der Waals surface area (Å²) in [6.45, 7) is -0.244. The number of hydrogen-bond donors (Lipinski definition) is 2. The fourth-order valence-corrected chi connectivity index (χ4v) is 3.04. The summed E-state index contributed by atoms with van der Waals surface area (Å²) in [5.41, 5.74) is 5.13. The molecule has 2 aromatic carbocycles. The van der Waals surface area contributed by atoms with Crippen LogP contribution in [0.5, 0.6) is 5.75 Å². The predicted octanol–water partition coefficient (Wildman–Crippen LogP) is 3.55. The molecule has 0 unspecified atom stereocenters. The number of hydrogen-bond acceptors (Lipinski definition) is 3. The molecular formula is C15H11BrClIN2O3. The van der Waals surface area contributed by atoms with Gasteiger partial charge in [0, 0.05) is 8.59 Å². The first-order chi connectivity index (χ1) is 11.0. The van der Waals surface area contributed by atoms with Gasteiger partial charge in [-0.25, -0.2) is 0 Å². The normalized spacial score (nSPS) is 10.0. The number of benzene rings is 2. The van der Waals surface area contributed by atoms with Crippen LogP contribution in [0.3, 0.4) is 0 Å². The predicted molar refractivity (Wildman–Crippen MR) is 99.4 cm³/mol. The Morgan fingerprint density at radius 3 is 2.61 bits per heavy atom. The number of nitrogens with one attached hydrogen (secondary N) is 2. The highest BCUT2D eigenvalue weighted by atomic mass is 127. The van der Waals surface area contributed by atoms with Crippen molar-refractivity contribution in [1.29, 1.82) is 0 Å². The second-order valence-corrected chi connectivity index (χ2v) is 6.80. The van der Waals surface area contributed by atoms with Crippen molar-refractivity contribution in [2.45, 2.75) is 0 Å². The molecule has 2 N–H and O–H groups in total. The van der Waals surface area contributed by atoms with Crippen LogP contribution in [-0.4, -0.2) is 18.4 Å². The molecule has 0 atom stereocenters. The number of halogens is 3. The molecule has 0 aliphatic rings. The Balaban J connectivity index is 1.83. The van der Waals surface area contributed by atoms with E-state index in [1.165, 1.54) is 0 Å². The van der Waals surface area contributed by atoms with Gasteiger partial charge in [0.1, 0.15) is 5.75 Å². The van der Waals surface area contributed by atoms with E-state index >= 15 is 0 Å². The Hall–Kier alpha value is -1.32. The highest BCUT2D eigenvalue weighted by Crippen LogP contribution is 2.27. The van der Waals surface area contributed by atoms with Gasteiger partial charge in [0.05, 0.1) is 10.0 Å². The third-order valence-electron chi connectivity index (χ3n) is 2.69. The summed E-state index contributed by atoms with van der Waals surface area (Å²) in [4.78, 5) is 23.7. The zero-order chi connectivity index (χ0) is 16.8. The molecule has 2 aromatic rings. The average Bonchev–Trinajstić information content (AvgIpc) is 2.52. The van der Waals surface area contributed by atoms with E-state index in [-0.39, 0.29) is 6.61 Å². The number of carbonyl (C=O) groups is 2. The summed E-state index contributed by atoms with van der Waals surface area (Å²) in [7, 11) is 0. The summed E-state index contributed by atoms with van der Waals surface area (Å²) < 4.78 is 6.77. The fraction of sp³-hybridized carbons (Fsp3) is 0.0667. The van der Waals surface area contributed by atoms with Crippen LogP contribution in [0.4, 0.5) is 0 Å². The van der Waals surface area contributed by atoms with Crippen molar-refractivity contribution in [2.24, 2.45) is 0 Å². The zero-order valence-electron chi connectivity index (χ0n) is 11.6.